The van der Waals surface area contributed by atoms with Crippen LogP contribution >= 0.6 is 0 Å². The van der Waals surface area contributed by atoms with Crippen molar-refractivity contribution in [2.75, 3.05) is 29.9 Å². The molecule has 2 rings (SSSR count). The number of hydrogen-bond acceptors (Lipinski definition) is 5. The van der Waals surface area contributed by atoms with Gasteiger partial charge in [-0.15, -0.1) is 0 Å². The molecule has 2 amide bonds. The van der Waals surface area contributed by atoms with Crippen LogP contribution in [-0.4, -0.2) is 42.5 Å². The van der Waals surface area contributed by atoms with Crippen molar-refractivity contribution < 1.29 is 9.59 Å². The predicted octanol–water partition coefficient (Wildman–Crippen LogP) is -0.306. The molecular formula is C13H19N5O2. The minimum atomic E-state index is -0.172. The summed E-state index contributed by atoms with van der Waals surface area (Å²) in [4.78, 5) is 29.0. The summed E-state index contributed by atoms with van der Waals surface area (Å²) in [7, 11) is 0. The van der Waals surface area contributed by atoms with Gasteiger partial charge in [0.1, 0.15) is 5.82 Å². The maximum atomic E-state index is 11.6. The predicted molar refractivity (Wildman–Crippen MR) is 76.4 cm³/mol. The average Bonchev–Trinajstić information content (AvgIpc) is 2.38. The van der Waals surface area contributed by atoms with Crippen molar-refractivity contribution in [1.82, 2.24) is 10.3 Å². The molecule has 0 radical (unpaired) electrons. The molecule has 1 aromatic rings. The van der Waals surface area contributed by atoms with Crippen molar-refractivity contribution in [2.24, 2.45) is 5.73 Å². The highest BCUT2D eigenvalue weighted by Crippen LogP contribution is 2.15. The Balaban J connectivity index is 1.95. The number of rotatable bonds is 4. The summed E-state index contributed by atoms with van der Waals surface area (Å²) in [5, 5.41) is 5.49. The second kappa shape index (κ2) is 6.33. The number of piperazine rings is 1. The highest BCUT2D eigenvalue weighted by molar-refractivity contribution is 5.91. The highest BCUT2D eigenvalue weighted by Gasteiger charge is 2.17. The second-order valence-corrected chi connectivity index (χ2v) is 4.91. The first-order valence-corrected chi connectivity index (χ1v) is 6.58. The van der Waals surface area contributed by atoms with E-state index in [2.05, 4.69) is 15.6 Å². The first-order chi connectivity index (χ1) is 9.54. The molecule has 0 bridgehead atoms. The summed E-state index contributed by atoms with van der Waals surface area (Å²) in [6, 6.07) is 3.39. The van der Waals surface area contributed by atoms with Gasteiger partial charge in [0, 0.05) is 25.6 Å². The zero-order chi connectivity index (χ0) is 14.5. The van der Waals surface area contributed by atoms with Crippen LogP contribution < -0.4 is 21.3 Å². The van der Waals surface area contributed by atoms with Crippen LogP contribution in [0, 0.1) is 0 Å². The average molecular weight is 277 g/mol. The smallest absolute Gasteiger partial charge is 0.239 e. The van der Waals surface area contributed by atoms with E-state index >= 15 is 0 Å². The lowest BCUT2D eigenvalue weighted by Gasteiger charge is -2.27. The zero-order valence-corrected chi connectivity index (χ0v) is 11.4. The van der Waals surface area contributed by atoms with Gasteiger partial charge in [-0.05, 0) is 19.1 Å². The molecule has 1 aromatic heterocycles. The normalized spacial score (nSPS) is 16.5. The molecule has 1 saturated heterocycles. The van der Waals surface area contributed by atoms with E-state index < -0.39 is 0 Å². The Bertz CT molecular complexity index is 486. The molecule has 1 atom stereocenters. The lowest BCUT2D eigenvalue weighted by molar-refractivity contribution is -0.120. The SMILES string of the molecule is CC(N)CC(=O)Nc1ccc(N2CCNC(=O)C2)nc1. The van der Waals surface area contributed by atoms with Crippen molar-refractivity contribution in [2.45, 2.75) is 19.4 Å². The van der Waals surface area contributed by atoms with E-state index in [9.17, 15) is 9.59 Å². The number of carbonyl (C=O) groups excluding carboxylic acids is 2. The Morgan fingerprint density at radius 3 is 3.00 bits per heavy atom. The minimum absolute atomic E-state index is 0.00707. The van der Waals surface area contributed by atoms with Gasteiger partial charge in [0.2, 0.25) is 11.8 Å². The third-order valence-corrected chi connectivity index (χ3v) is 2.90. The van der Waals surface area contributed by atoms with E-state index in [0.717, 1.165) is 12.4 Å². The van der Waals surface area contributed by atoms with Gasteiger partial charge >= 0.3 is 0 Å². The van der Waals surface area contributed by atoms with Crippen molar-refractivity contribution in [1.29, 1.82) is 0 Å². The minimum Gasteiger partial charge on any atom is -0.353 e. The summed E-state index contributed by atoms with van der Waals surface area (Å²) in [5.74, 6) is 0.587. The summed E-state index contributed by atoms with van der Waals surface area (Å²) in [6.07, 6.45) is 1.86. The molecule has 1 unspecified atom stereocenters. The lowest BCUT2D eigenvalue weighted by Crippen LogP contribution is -2.48. The Morgan fingerprint density at radius 2 is 2.40 bits per heavy atom. The van der Waals surface area contributed by atoms with Gasteiger partial charge in [-0.25, -0.2) is 4.98 Å². The molecule has 1 fully saturated rings. The van der Waals surface area contributed by atoms with Crippen LogP contribution in [0.4, 0.5) is 11.5 Å². The number of aromatic nitrogens is 1. The standard InChI is InChI=1S/C13H19N5O2/c1-9(14)6-12(19)17-10-2-3-11(16-7-10)18-5-4-15-13(20)8-18/h2-3,7,9H,4-6,8,14H2,1H3,(H,15,20)(H,17,19). The number of hydrogen-bond donors (Lipinski definition) is 3. The van der Waals surface area contributed by atoms with Gasteiger partial charge < -0.3 is 21.3 Å². The van der Waals surface area contributed by atoms with Crippen LogP contribution in [0.2, 0.25) is 0 Å². The number of nitrogens with zero attached hydrogens (tertiary/aromatic N) is 2. The highest BCUT2D eigenvalue weighted by atomic mass is 16.2. The van der Waals surface area contributed by atoms with Crippen LogP contribution in [0.1, 0.15) is 13.3 Å². The molecule has 108 valence electrons. The fraction of sp³-hybridized carbons (Fsp3) is 0.462. The number of pyridine rings is 1. The van der Waals surface area contributed by atoms with Gasteiger partial charge in [-0.2, -0.15) is 0 Å². The topological polar surface area (TPSA) is 100 Å². The van der Waals surface area contributed by atoms with E-state index in [-0.39, 0.29) is 24.3 Å². The number of nitrogens with one attached hydrogen (secondary N) is 2. The number of anilines is 2. The molecule has 0 spiro atoms. The molecule has 0 aliphatic carbocycles. The molecule has 7 nitrogen and oxygen atoms in total. The van der Waals surface area contributed by atoms with E-state index in [4.69, 9.17) is 5.73 Å². The van der Waals surface area contributed by atoms with Crippen molar-refractivity contribution >= 4 is 23.3 Å². The Hall–Kier alpha value is -2.15. The number of carbonyl (C=O) groups is 2. The molecule has 2 heterocycles. The second-order valence-electron chi connectivity index (χ2n) is 4.91. The summed E-state index contributed by atoms with van der Waals surface area (Å²) in [6.45, 7) is 3.44. The van der Waals surface area contributed by atoms with E-state index in [1.54, 1.807) is 25.3 Å². The largest absolute Gasteiger partial charge is 0.353 e. The molecular weight excluding hydrogens is 258 g/mol. The zero-order valence-electron chi connectivity index (χ0n) is 11.4. The fourth-order valence-corrected chi connectivity index (χ4v) is 1.99. The first-order valence-electron chi connectivity index (χ1n) is 6.58. The van der Waals surface area contributed by atoms with Crippen LogP contribution in [0.15, 0.2) is 18.3 Å². The molecule has 7 heteroatoms. The Labute approximate surface area is 117 Å². The molecule has 0 aromatic carbocycles. The van der Waals surface area contributed by atoms with E-state index in [1.165, 1.54) is 0 Å². The van der Waals surface area contributed by atoms with Crippen molar-refractivity contribution in [3.05, 3.63) is 18.3 Å². The van der Waals surface area contributed by atoms with Crippen molar-refractivity contribution in [3.8, 4) is 0 Å². The third kappa shape index (κ3) is 3.92. The van der Waals surface area contributed by atoms with Crippen LogP contribution in [0.5, 0.6) is 0 Å². The van der Waals surface area contributed by atoms with Crippen LogP contribution in [0.25, 0.3) is 0 Å². The Kier molecular flexibility index (Phi) is 4.52. The van der Waals surface area contributed by atoms with E-state index in [1.807, 2.05) is 4.90 Å². The van der Waals surface area contributed by atoms with E-state index in [0.29, 0.717) is 18.8 Å². The molecule has 4 N–H and O–H groups in total. The molecule has 1 aliphatic heterocycles. The summed E-state index contributed by atoms with van der Waals surface area (Å²) < 4.78 is 0. The van der Waals surface area contributed by atoms with Crippen LogP contribution in [-0.2, 0) is 9.59 Å². The monoisotopic (exact) mass is 277 g/mol. The first kappa shape index (κ1) is 14.3. The molecule has 0 saturated carbocycles. The summed E-state index contributed by atoms with van der Waals surface area (Å²) in [5.41, 5.74) is 6.19. The maximum Gasteiger partial charge on any atom is 0.239 e. The van der Waals surface area contributed by atoms with Gasteiger partial charge in [-0.3, -0.25) is 9.59 Å². The van der Waals surface area contributed by atoms with Gasteiger partial charge in [0.15, 0.2) is 0 Å². The number of nitrogens with two attached hydrogens (primary N) is 1. The van der Waals surface area contributed by atoms with Crippen LogP contribution in [0.3, 0.4) is 0 Å². The Morgan fingerprint density at radius 1 is 1.60 bits per heavy atom. The van der Waals surface area contributed by atoms with Gasteiger partial charge in [0.25, 0.3) is 0 Å². The van der Waals surface area contributed by atoms with Gasteiger partial charge in [-0.1, -0.05) is 0 Å². The lowest BCUT2D eigenvalue weighted by atomic mass is 10.2. The quantitative estimate of drug-likeness (QED) is 0.701. The van der Waals surface area contributed by atoms with Gasteiger partial charge in [0.05, 0.1) is 18.4 Å². The molecule has 20 heavy (non-hydrogen) atoms. The van der Waals surface area contributed by atoms with Crippen molar-refractivity contribution in [3.63, 3.8) is 0 Å². The fourth-order valence-electron chi connectivity index (χ4n) is 1.99. The summed E-state index contributed by atoms with van der Waals surface area (Å²) >= 11 is 0. The maximum absolute atomic E-state index is 11.6. The molecule has 1 aliphatic rings. The number of amides is 2. The third-order valence-electron chi connectivity index (χ3n) is 2.90.